The lowest BCUT2D eigenvalue weighted by molar-refractivity contribution is -0.139. The van der Waals surface area contributed by atoms with E-state index in [0.717, 1.165) is 18.2 Å². The quantitative estimate of drug-likeness (QED) is 0.710. The minimum atomic E-state index is -4.43. The number of hydrogen-bond donors (Lipinski definition) is 1. The van der Waals surface area contributed by atoms with E-state index < -0.39 is 32.2 Å². The molecule has 0 bridgehead atoms. The van der Waals surface area contributed by atoms with Crippen LogP contribution in [0.3, 0.4) is 0 Å². The molecular formula is C18H18F2N2O6S. The highest BCUT2D eigenvalue weighted by molar-refractivity contribution is 7.89. The molecule has 0 atom stereocenters. The van der Waals surface area contributed by atoms with Gasteiger partial charge in [-0.05, 0) is 19.1 Å². The number of amides is 1. The Morgan fingerprint density at radius 3 is 2.55 bits per heavy atom. The molecule has 8 nitrogen and oxygen atoms in total. The summed E-state index contributed by atoms with van der Waals surface area (Å²) in [5, 5.41) is 0. The summed E-state index contributed by atoms with van der Waals surface area (Å²) in [4.78, 5) is 23.8. The van der Waals surface area contributed by atoms with Crippen molar-refractivity contribution in [3.05, 3.63) is 58.1 Å². The zero-order valence-corrected chi connectivity index (χ0v) is 16.2. The summed E-state index contributed by atoms with van der Waals surface area (Å²) < 4.78 is 63.8. The molecule has 1 N–H and O–H groups in total. The molecular weight excluding hydrogens is 410 g/mol. The van der Waals surface area contributed by atoms with Gasteiger partial charge in [0.05, 0.1) is 19.2 Å². The molecule has 156 valence electrons. The summed E-state index contributed by atoms with van der Waals surface area (Å²) >= 11 is 0. The smallest absolute Gasteiger partial charge is 0.339 e. The van der Waals surface area contributed by atoms with Gasteiger partial charge in [0.2, 0.25) is 15.9 Å². The molecule has 0 aliphatic carbocycles. The number of halogens is 2. The number of aryl methyl sites for hydroxylation is 1. The van der Waals surface area contributed by atoms with E-state index in [2.05, 4.69) is 0 Å². The van der Waals surface area contributed by atoms with E-state index in [-0.39, 0.29) is 38.1 Å². The Morgan fingerprint density at radius 1 is 1.28 bits per heavy atom. The van der Waals surface area contributed by atoms with Crippen LogP contribution < -0.4 is 15.1 Å². The number of ether oxygens (including phenoxy) is 1. The van der Waals surface area contributed by atoms with Gasteiger partial charge in [-0.3, -0.25) is 4.79 Å². The predicted octanol–water partition coefficient (Wildman–Crippen LogP) is 1.18. The second-order valence-electron chi connectivity index (χ2n) is 6.46. The number of rotatable bonds is 7. The summed E-state index contributed by atoms with van der Waals surface area (Å²) in [5.41, 5.74) is -0.536. The molecule has 1 aliphatic rings. The maximum Gasteiger partial charge on any atom is 0.339 e. The maximum atomic E-state index is 13.6. The van der Waals surface area contributed by atoms with Gasteiger partial charge in [-0.25, -0.2) is 26.7 Å². The second kappa shape index (κ2) is 8.29. The first-order valence-corrected chi connectivity index (χ1v) is 10.1. The minimum Gasteiger partial charge on any atom is -0.486 e. The number of sulfonamides is 1. The predicted molar refractivity (Wildman–Crippen MR) is 96.9 cm³/mol. The first-order valence-electron chi connectivity index (χ1n) is 8.65. The standard InChI is InChI=1S/C18H18F2N2O6S/c1-11-7-12(8-17(24)27-11)28-13-9-22(10-13)16(23)5-6-21-29(25,26)18-14(19)3-2-4-15(18)20/h2-4,7-8,13,21H,5-6,9-10H2,1H3. The third-order valence-corrected chi connectivity index (χ3v) is 5.70. The van der Waals surface area contributed by atoms with E-state index in [9.17, 15) is 26.8 Å². The van der Waals surface area contributed by atoms with Crippen molar-refractivity contribution >= 4 is 15.9 Å². The number of likely N-dealkylation sites (tertiary alicyclic amines) is 1. The van der Waals surface area contributed by atoms with E-state index in [1.54, 1.807) is 13.0 Å². The molecule has 1 fully saturated rings. The van der Waals surface area contributed by atoms with Gasteiger partial charge in [-0.2, -0.15) is 0 Å². The van der Waals surface area contributed by atoms with Crippen LogP contribution in [0.15, 0.2) is 44.4 Å². The van der Waals surface area contributed by atoms with Gasteiger partial charge in [0, 0.05) is 19.0 Å². The molecule has 0 saturated carbocycles. The normalized spacial score (nSPS) is 14.5. The van der Waals surface area contributed by atoms with Crippen LogP contribution in [0.2, 0.25) is 0 Å². The summed E-state index contributed by atoms with van der Waals surface area (Å²) in [7, 11) is -4.43. The Labute approximate surface area is 165 Å². The maximum absolute atomic E-state index is 13.6. The van der Waals surface area contributed by atoms with Crippen LogP contribution in [-0.2, 0) is 14.8 Å². The summed E-state index contributed by atoms with van der Waals surface area (Å²) in [5.74, 6) is -2.02. The highest BCUT2D eigenvalue weighted by Gasteiger charge is 2.32. The van der Waals surface area contributed by atoms with Gasteiger partial charge >= 0.3 is 5.63 Å². The van der Waals surface area contributed by atoms with E-state index in [0.29, 0.717) is 11.5 Å². The molecule has 1 aromatic carbocycles. The largest absolute Gasteiger partial charge is 0.486 e. The van der Waals surface area contributed by atoms with Gasteiger partial charge in [-0.15, -0.1) is 0 Å². The molecule has 1 amide bonds. The lowest BCUT2D eigenvalue weighted by atomic mass is 10.1. The molecule has 2 heterocycles. The number of carbonyl (C=O) groups is 1. The zero-order chi connectivity index (χ0) is 21.2. The molecule has 1 aliphatic heterocycles. The molecule has 1 aromatic heterocycles. The van der Waals surface area contributed by atoms with E-state index in [1.165, 1.54) is 11.0 Å². The fourth-order valence-corrected chi connectivity index (χ4v) is 3.98. The molecule has 1 saturated heterocycles. The van der Waals surface area contributed by atoms with Crippen LogP contribution >= 0.6 is 0 Å². The zero-order valence-electron chi connectivity index (χ0n) is 15.4. The van der Waals surface area contributed by atoms with Gasteiger partial charge in [0.25, 0.3) is 0 Å². The number of hydrogen-bond acceptors (Lipinski definition) is 6. The van der Waals surface area contributed by atoms with Crippen molar-refractivity contribution in [3.63, 3.8) is 0 Å². The monoisotopic (exact) mass is 428 g/mol. The van der Waals surface area contributed by atoms with Crippen LogP contribution in [0.4, 0.5) is 8.78 Å². The molecule has 0 spiro atoms. The van der Waals surface area contributed by atoms with Crippen molar-refractivity contribution in [3.8, 4) is 5.75 Å². The average Bonchev–Trinajstić information content (AvgIpc) is 2.56. The summed E-state index contributed by atoms with van der Waals surface area (Å²) in [6, 6.07) is 5.48. The van der Waals surface area contributed by atoms with Crippen molar-refractivity contribution in [2.75, 3.05) is 19.6 Å². The average molecular weight is 428 g/mol. The van der Waals surface area contributed by atoms with Crippen molar-refractivity contribution in [1.29, 1.82) is 0 Å². The molecule has 3 rings (SSSR count). The van der Waals surface area contributed by atoms with Crippen molar-refractivity contribution < 1.29 is 31.1 Å². The lowest BCUT2D eigenvalue weighted by Crippen LogP contribution is -2.56. The van der Waals surface area contributed by atoms with Crippen LogP contribution in [0, 0.1) is 18.6 Å². The number of nitrogens with zero attached hydrogens (tertiary/aromatic N) is 1. The van der Waals surface area contributed by atoms with E-state index in [4.69, 9.17) is 9.15 Å². The minimum absolute atomic E-state index is 0.184. The Kier molecular flexibility index (Phi) is 5.99. The van der Waals surface area contributed by atoms with E-state index >= 15 is 0 Å². The molecule has 2 aromatic rings. The highest BCUT2D eigenvalue weighted by Crippen LogP contribution is 2.19. The summed E-state index contributed by atoms with van der Waals surface area (Å²) in [6.07, 6.45) is -0.486. The topological polar surface area (TPSA) is 106 Å². The van der Waals surface area contributed by atoms with Crippen LogP contribution in [0.5, 0.6) is 5.75 Å². The summed E-state index contributed by atoms with van der Waals surface area (Å²) in [6.45, 7) is 1.84. The first kappa shape index (κ1) is 20.9. The Hall–Kier alpha value is -2.79. The third-order valence-electron chi connectivity index (χ3n) is 4.19. The van der Waals surface area contributed by atoms with Gasteiger partial charge in [0.15, 0.2) is 4.90 Å². The van der Waals surface area contributed by atoms with Crippen molar-refractivity contribution in [2.24, 2.45) is 0 Å². The SMILES string of the molecule is Cc1cc(OC2CN(C(=O)CCNS(=O)(=O)c3c(F)cccc3F)C2)cc(=O)o1. The molecule has 11 heteroatoms. The Balaban J connectivity index is 1.47. The van der Waals surface area contributed by atoms with Crippen LogP contribution in [-0.4, -0.2) is 45.0 Å². The number of carbonyl (C=O) groups excluding carboxylic acids is 1. The Bertz CT molecular complexity index is 1060. The molecule has 29 heavy (non-hydrogen) atoms. The molecule has 0 unspecified atom stereocenters. The third kappa shape index (κ3) is 4.98. The van der Waals surface area contributed by atoms with Gasteiger partial charge in [0.1, 0.15) is 29.2 Å². The Morgan fingerprint density at radius 2 is 1.93 bits per heavy atom. The molecule has 0 radical (unpaired) electrons. The van der Waals surface area contributed by atoms with Crippen LogP contribution in [0.25, 0.3) is 0 Å². The lowest BCUT2D eigenvalue weighted by Gasteiger charge is -2.39. The number of nitrogens with one attached hydrogen (secondary N) is 1. The van der Waals surface area contributed by atoms with Crippen molar-refractivity contribution in [1.82, 2.24) is 9.62 Å². The van der Waals surface area contributed by atoms with Crippen molar-refractivity contribution in [2.45, 2.75) is 24.3 Å². The van der Waals surface area contributed by atoms with Gasteiger partial charge < -0.3 is 14.1 Å². The highest BCUT2D eigenvalue weighted by atomic mass is 32.2. The van der Waals surface area contributed by atoms with Gasteiger partial charge in [-0.1, -0.05) is 6.07 Å². The van der Waals surface area contributed by atoms with Crippen LogP contribution in [0.1, 0.15) is 12.2 Å². The first-order chi connectivity index (χ1) is 13.7. The fourth-order valence-electron chi connectivity index (χ4n) is 2.81. The van der Waals surface area contributed by atoms with E-state index in [1.807, 2.05) is 4.72 Å². The second-order valence-corrected chi connectivity index (χ2v) is 8.16. The fraction of sp³-hybridized carbons (Fsp3) is 0.333. The number of benzene rings is 1.